The molecule has 0 fully saturated rings. The summed E-state index contributed by atoms with van der Waals surface area (Å²) in [5.41, 5.74) is 6.19. The summed E-state index contributed by atoms with van der Waals surface area (Å²) in [4.78, 5) is 0. The number of ether oxygens (including phenoxy) is 2. The lowest BCUT2D eigenvalue weighted by atomic mass is 9.78. The molecule has 3 nitrogen and oxygen atoms in total. The van der Waals surface area contributed by atoms with Gasteiger partial charge in [0.2, 0.25) is 0 Å². The Hall–Kier alpha value is -1.22. The minimum atomic E-state index is -0.343. The van der Waals surface area contributed by atoms with Crippen LogP contribution in [0.2, 0.25) is 0 Å². The Kier molecular flexibility index (Phi) is 6.84. The van der Waals surface area contributed by atoms with Gasteiger partial charge in [-0.05, 0) is 69.2 Å². The molecule has 0 radical (unpaired) electrons. The van der Waals surface area contributed by atoms with Gasteiger partial charge in [0.1, 0.15) is 11.4 Å². The molecule has 3 heteroatoms. The van der Waals surface area contributed by atoms with Crippen LogP contribution in [0.25, 0.3) is 0 Å². The molecular weight excluding hydrogens is 322 g/mol. The third-order valence-corrected chi connectivity index (χ3v) is 4.35. The Morgan fingerprint density at radius 2 is 1.31 bits per heavy atom. The Morgan fingerprint density at radius 3 is 1.73 bits per heavy atom. The van der Waals surface area contributed by atoms with Gasteiger partial charge in [-0.15, -0.1) is 0 Å². The summed E-state index contributed by atoms with van der Waals surface area (Å²) in [6.07, 6.45) is 2.00. The summed E-state index contributed by atoms with van der Waals surface area (Å²) in [7, 11) is 0. The minimum Gasteiger partial charge on any atom is -0.488 e. The molecule has 1 aromatic rings. The van der Waals surface area contributed by atoms with Crippen LogP contribution in [0.4, 0.5) is 5.69 Å². The molecule has 1 unspecified atom stereocenters. The summed E-state index contributed by atoms with van der Waals surface area (Å²) in [5.74, 6) is 0.835. The highest BCUT2D eigenvalue weighted by atomic mass is 16.5. The molecule has 1 aromatic carbocycles. The second-order valence-corrected chi connectivity index (χ2v) is 11.1. The first-order valence-corrected chi connectivity index (χ1v) is 9.72. The zero-order valence-corrected chi connectivity index (χ0v) is 18.7. The van der Waals surface area contributed by atoms with Gasteiger partial charge in [0.25, 0.3) is 0 Å². The van der Waals surface area contributed by atoms with Gasteiger partial charge in [0.05, 0.1) is 11.7 Å². The van der Waals surface area contributed by atoms with Crippen molar-refractivity contribution in [3.05, 3.63) is 24.3 Å². The molecule has 0 amide bonds. The zero-order chi connectivity index (χ0) is 20.4. The van der Waals surface area contributed by atoms with Crippen molar-refractivity contribution in [3.63, 3.8) is 0 Å². The molecule has 150 valence electrons. The van der Waals surface area contributed by atoms with Crippen LogP contribution in [0.5, 0.6) is 5.75 Å². The molecule has 0 aliphatic carbocycles. The molecule has 0 aliphatic rings. The first-order chi connectivity index (χ1) is 11.5. The van der Waals surface area contributed by atoms with E-state index in [9.17, 15) is 0 Å². The third kappa shape index (κ3) is 8.44. The van der Waals surface area contributed by atoms with Gasteiger partial charge in [0, 0.05) is 12.1 Å². The van der Waals surface area contributed by atoms with Crippen molar-refractivity contribution in [2.24, 2.45) is 10.8 Å². The molecule has 0 saturated heterocycles. The minimum absolute atomic E-state index is 0.0898. The lowest BCUT2D eigenvalue weighted by Crippen LogP contribution is -2.45. The van der Waals surface area contributed by atoms with Gasteiger partial charge >= 0.3 is 0 Å². The summed E-state index contributed by atoms with van der Waals surface area (Å²) < 4.78 is 12.9. The van der Waals surface area contributed by atoms with E-state index in [-0.39, 0.29) is 28.1 Å². The Balaban J connectivity index is 2.85. The van der Waals surface area contributed by atoms with Gasteiger partial charge in [-0.25, -0.2) is 0 Å². The molecule has 2 N–H and O–H groups in total. The highest BCUT2D eigenvalue weighted by Gasteiger charge is 2.38. The summed E-state index contributed by atoms with van der Waals surface area (Å²) in [6, 6.07) is 7.57. The normalized spacial score (nSPS) is 15.0. The molecule has 0 heterocycles. The average Bonchev–Trinajstić information content (AvgIpc) is 2.36. The molecule has 0 aromatic heterocycles. The fourth-order valence-electron chi connectivity index (χ4n) is 3.42. The average molecular weight is 364 g/mol. The van der Waals surface area contributed by atoms with Crippen molar-refractivity contribution in [1.29, 1.82) is 0 Å². The Labute approximate surface area is 161 Å². The maximum Gasteiger partial charge on any atom is 0.120 e. The van der Waals surface area contributed by atoms with E-state index in [0.717, 1.165) is 24.3 Å². The molecule has 0 spiro atoms. The van der Waals surface area contributed by atoms with Crippen molar-refractivity contribution in [2.75, 3.05) is 5.73 Å². The van der Waals surface area contributed by atoms with E-state index >= 15 is 0 Å². The van der Waals surface area contributed by atoms with Crippen molar-refractivity contribution >= 4 is 5.69 Å². The van der Waals surface area contributed by atoms with E-state index in [1.807, 2.05) is 24.3 Å². The van der Waals surface area contributed by atoms with E-state index in [1.165, 1.54) is 0 Å². The topological polar surface area (TPSA) is 44.5 Å². The molecule has 1 rings (SSSR count). The standard InChI is InChI=1S/C23H41NO2/c1-20(2,3)15-19(21(4,5)6)26-23(9,10)16-22(7,8)25-18-13-11-17(24)12-14-18/h11-14,19H,15-16,24H2,1-10H3. The van der Waals surface area contributed by atoms with Crippen LogP contribution in [-0.2, 0) is 4.74 Å². The van der Waals surface area contributed by atoms with E-state index in [4.69, 9.17) is 15.2 Å². The summed E-state index contributed by atoms with van der Waals surface area (Å²) >= 11 is 0. The van der Waals surface area contributed by atoms with Crippen LogP contribution in [0.15, 0.2) is 24.3 Å². The van der Waals surface area contributed by atoms with Gasteiger partial charge in [-0.3, -0.25) is 0 Å². The van der Waals surface area contributed by atoms with Crippen molar-refractivity contribution in [1.82, 2.24) is 0 Å². The molecule has 0 aliphatic heterocycles. The first kappa shape index (κ1) is 22.8. The fourth-order valence-corrected chi connectivity index (χ4v) is 3.42. The predicted octanol–water partition coefficient (Wildman–Crippen LogP) is 6.46. The number of nitrogen functional groups attached to an aromatic ring is 1. The van der Waals surface area contributed by atoms with Crippen LogP contribution < -0.4 is 10.5 Å². The maximum atomic E-state index is 6.67. The number of hydrogen-bond acceptors (Lipinski definition) is 3. The van der Waals surface area contributed by atoms with E-state index in [0.29, 0.717) is 0 Å². The SMILES string of the molecule is CC(C)(C)CC(OC(C)(C)CC(C)(C)Oc1ccc(N)cc1)C(C)(C)C. The van der Waals surface area contributed by atoms with Gasteiger partial charge in [-0.2, -0.15) is 0 Å². The number of nitrogens with two attached hydrogens (primary N) is 1. The van der Waals surface area contributed by atoms with Crippen LogP contribution in [-0.4, -0.2) is 17.3 Å². The highest BCUT2D eigenvalue weighted by Crippen LogP contribution is 2.38. The number of anilines is 1. The summed E-state index contributed by atoms with van der Waals surface area (Å²) in [6.45, 7) is 22.2. The molecule has 1 atom stereocenters. The molecular formula is C23H41NO2. The lowest BCUT2D eigenvalue weighted by Gasteiger charge is -2.43. The van der Waals surface area contributed by atoms with Crippen LogP contribution in [0.1, 0.15) is 82.1 Å². The largest absolute Gasteiger partial charge is 0.488 e. The lowest BCUT2D eigenvalue weighted by molar-refractivity contribution is -0.146. The molecule has 0 bridgehead atoms. The molecule has 26 heavy (non-hydrogen) atoms. The Bertz CT molecular complexity index is 559. The van der Waals surface area contributed by atoms with Gasteiger partial charge < -0.3 is 15.2 Å². The van der Waals surface area contributed by atoms with E-state index < -0.39 is 0 Å². The zero-order valence-electron chi connectivity index (χ0n) is 18.7. The second kappa shape index (κ2) is 7.80. The summed E-state index contributed by atoms with van der Waals surface area (Å²) in [5, 5.41) is 0. The molecule has 0 saturated carbocycles. The van der Waals surface area contributed by atoms with Crippen molar-refractivity contribution in [2.45, 2.75) is 99.4 Å². The van der Waals surface area contributed by atoms with Gasteiger partial charge in [-0.1, -0.05) is 41.5 Å². The quantitative estimate of drug-likeness (QED) is 0.565. The smallest absolute Gasteiger partial charge is 0.120 e. The van der Waals surface area contributed by atoms with Crippen LogP contribution in [0.3, 0.4) is 0 Å². The van der Waals surface area contributed by atoms with E-state index in [1.54, 1.807) is 0 Å². The Morgan fingerprint density at radius 1 is 0.808 bits per heavy atom. The highest BCUT2D eigenvalue weighted by molar-refractivity contribution is 5.41. The fraction of sp³-hybridized carbons (Fsp3) is 0.739. The van der Waals surface area contributed by atoms with Crippen LogP contribution in [0, 0.1) is 10.8 Å². The monoisotopic (exact) mass is 363 g/mol. The maximum absolute atomic E-state index is 6.67. The van der Waals surface area contributed by atoms with Crippen LogP contribution >= 0.6 is 0 Å². The third-order valence-electron chi connectivity index (χ3n) is 4.35. The second-order valence-electron chi connectivity index (χ2n) is 11.1. The number of hydrogen-bond donors (Lipinski definition) is 1. The first-order valence-electron chi connectivity index (χ1n) is 9.72. The van der Waals surface area contributed by atoms with E-state index in [2.05, 4.69) is 69.2 Å². The van der Waals surface area contributed by atoms with Crippen molar-refractivity contribution < 1.29 is 9.47 Å². The number of benzene rings is 1. The van der Waals surface area contributed by atoms with Crippen molar-refractivity contribution in [3.8, 4) is 5.75 Å². The predicted molar refractivity (Wildman–Crippen MR) is 113 cm³/mol. The van der Waals surface area contributed by atoms with Gasteiger partial charge in [0.15, 0.2) is 0 Å². The number of rotatable bonds is 7.